The standard InChI is InChI=1S/C9H17NO/c1-3-6-11-9-7-10-5-4-8(9)2/h3,8-10H,1,4-7H2,2H3. The molecular formula is C9H17NO. The lowest BCUT2D eigenvalue weighted by molar-refractivity contribution is 0.0200. The fraction of sp³-hybridized carbons (Fsp3) is 0.778. The van der Waals surface area contributed by atoms with Crippen LogP contribution in [0.5, 0.6) is 0 Å². The van der Waals surface area contributed by atoms with E-state index in [1.807, 2.05) is 0 Å². The topological polar surface area (TPSA) is 21.3 Å². The number of rotatable bonds is 3. The fourth-order valence-electron chi connectivity index (χ4n) is 1.38. The molecule has 2 unspecified atom stereocenters. The molecule has 0 aromatic heterocycles. The lowest BCUT2D eigenvalue weighted by atomic mass is 9.97. The maximum Gasteiger partial charge on any atom is 0.0729 e. The van der Waals surface area contributed by atoms with Crippen molar-refractivity contribution in [2.24, 2.45) is 5.92 Å². The summed E-state index contributed by atoms with van der Waals surface area (Å²) in [4.78, 5) is 0. The highest BCUT2D eigenvalue weighted by Gasteiger charge is 2.20. The van der Waals surface area contributed by atoms with Gasteiger partial charge in [-0.1, -0.05) is 13.0 Å². The Balaban J connectivity index is 2.23. The van der Waals surface area contributed by atoms with Crippen molar-refractivity contribution in [1.29, 1.82) is 0 Å². The Labute approximate surface area is 68.6 Å². The number of hydrogen-bond donors (Lipinski definition) is 1. The average molecular weight is 155 g/mol. The number of piperidine rings is 1. The maximum absolute atomic E-state index is 5.56. The van der Waals surface area contributed by atoms with E-state index in [4.69, 9.17) is 4.74 Å². The lowest BCUT2D eigenvalue weighted by Gasteiger charge is -2.29. The van der Waals surface area contributed by atoms with Crippen molar-refractivity contribution in [2.45, 2.75) is 19.4 Å². The summed E-state index contributed by atoms with van der Waals surface area (Å²) in [6.07, 6.45) is 3.42. The van der Waals surface area contributed by atoms with Gasteiger partial charge in [0.2, 0.25) is 0 Å². The van der Waals surface area contributed by atoms with Crippen LogP contribution in [-0.2, 0) is 4.74 Å². The van der Waals surface area contributed by atoms with Gasteiger partial charge < -0.3 is 10.1 Å². The fourth-order valence-corrected chi connectivity index (χ4v) is 1.38. The normalized spacial score (nSPS) is 31.7. The van der Waals surface area contributed by atoms with Crippen molar-refractivity contribution in [1.82, 2.24) is 5.32 Å². The van der Waals surface area contributed by atoms with Crippen molar-refractivity contribution in [2.75, 3.05) is 19.7 Å². The third kappa shape index (κ3) is 2.64. The first-order chi connectivity index (χ1) is 5.34. The molecule has 1 N–H and O–H groups in total. The van der Waals surface area contributed by atoms with E-state index in [-0.39, 0.29) is 0 Å². The van der Waals surface area contributed by atoms with Crippen LogP contribution in [0.4, 0.5) is 0 Å². The Bertz CT molecular complexity index is 125. The Morgan fingerprint density at radius 2 is 2.55 bits per heavy atom. The predicted octanol–water partition coefficient (Wildman–Crippen LogP) is 1.19. The van der Waals surface area contributed by atoms with Crippen LogP contribution in [0, 0.1) is 5.92 Å². The first-order valence-corrected chi connectivity index (χ1v) is 4.28. The molecule has 1 aliphatic heterocycles. The molecule has 11 heavy (non-hydrogen) atoms. The highest BCUT2D eigenvalue weighted by Crippen LogP contribution is 2.14. The minimum absolute atomic E-state index is 0.391. The summed E-state index contributed by atoms with van der Waals surface area (Å²) in [7, 11) is 0. The summed E-state index contributed by atoms with van der Waals surface area (Å²) in [5.74, 6) is 0.691. The molecule has 0 bridgehead atoms. The zero-order chi connectivity index (χ0) is 8.10. The van der Waals surface area contributed by atoms with Crippen molar-refractivity contribution in [3.63, 3.8) is 0 Å². The average Bonchev–Trinajstić information content (AvgIpc) is 2.03. The van der Waals surface area contributed by atoms with Crippen LogP contribution in [-0.4, -0.2) is 25.8 Å². The zero-order valence-corrected chi connectivity index (χ0v) is 7.18. The molecule has 64 valence electrons. The molecule has 1 saturated heterocycles. The Morgan fingerprint density at radius 3 is 3.18 bits per heavy atom. The zero-order valence-electron chi connectivity index (χ0n) is 7.18. The van der Waals surface area contributed by atoms with Gasteiger partial charge in [0.1, 0.15) is 0 Å². The van der Waals surface area contributed by atoms with E-state index in [9.17, 15) is 0 Å². The molecule has 1 rings (SSSR count). The van der Waals surface area contributed by atoms with Crippen molar-refractivity contribution in [3.8, 4) is 0 Å². The summed E-state index contributed by atoms with van der Waals surface area (Å²) in [5.41, 5.74) is 0. The van der Waals surface area contributed by atoms with Crippen LogP contribution in [0.3, 0.4) is 0 Å². The molecule has 2 nitrogen and oxygen atoms in total. The first kappa shape index (κ1) is 8.75. The van der Waals surface area contributed by atoms with Gasteiger partial charge in [-0.25, -0.2) is 0 Å². The van der Waals surface area contributed by atoms with Gasteiger partial charge >= 0.3 is 0 Å². The van der Waals surface area contributed by atoms with Crippen LogP contribution in [0.1, 0.15) is 13.3 Å². The molecule has 2 atom stereocenters. The second-order valence-electron chi connectivity index (χ2n) is 3.13. The van der Waals surface area contributed by atoms with Crippen molar-refractivity contribution in [3.05, 3.63) is 12.7 Å². The van der Waals surface area contributed by atoms with E-state index in [2.05, 4.69) is 18.8 Å². The van der Waals surface area contributed by atoms with Crippen molar-refractivity contribution >= 4 is 0 Å². The molecule has 0 spiro atoms. The van der Waals surface area contributed by atoms with E-state index in [0.29, 0.717) is 18.6 Å². The minimum Gasteiger partial charge on any atom is -0.373 e. The van der Waals surface area contributed by atoms with E-state index >= 15 is 0 Å². The predicted molar refractivity (Wildman–Crippen MR) is 46.6 cm³/mol. The molecule has 1 heterocycles. The van der Waals surface area contributed by atoms with E-state index in [1.54, 1.807) is 6.08 Å². The van der Waals surface area contributed by atoms with Gasteiger partial charge in [-0.15, -0.1) is 6.58 Å². The molecule has 0 aromatic carbocycles. The number of ether oxygens (including phenoxy) is 1. The quantitative estimate of drug-likeness (QED) is 0.618. The monoisotopic (exact) mass is 155 g/mol. The lowest BCUT2D eigenvalue weighted by Crippen LogP contribution is -2.41. The van der Waals surface area contributed by atoms with Crippen LogP contribution < -0.4 is 5.32 Å². The van der Waals surface area contributed by atoms with Crippen LogP contribution in [0.2, 0.25) is 0 Å². The van der Waals surface area contributed by atoms with Gasteiger partial charge in [0.05, 0.1) is 12.7 Å². The van der Waals surface area contributed by atoms with Crippen LogP contribution in [0.25, 0.3) is 0 Å². The number of hydrogen-bond acceptors (Lipinski definition) is 2. The molecule has 0 radical (unpaired) electrons. The highest BCUT2D eigenvalue weighted by molar-refractivity contribution is 4.77. The Hall–Kier alpha value is -0.340. The summed E-state index contributed by atoms with van der Waals surface area (Å²) in [6.45, 7) is 8.68. The molecule has 1 aliphatic rings. The Kier molecular flexibility index (Phi) is 3.60. The third-order valence-electron chi connectivity index (χ3n) is 2.18. The molecule has 2 heteroatoms. The minimum atomic E-state index is 0.391. The highest BCUT2D eigenvalue weighted by atomic mass is 16.5. The summed E-state index contributed by atoms with van der Waals surface area (Å²) < 4.78 is 5.56. The SMILES string of the molecule is C=CCOC1CNCCC1C. The smallest absolute Gasteiger partial charge is 0.0729 e. The molecule has 0 amide bonds. The largest absolute Gasteiger partial charge is 0.373 e. The second-order valence-corrected chi connectivity index (χ2v) is 3.13. The van der Waals surface area contributed by atoms with E-state index in [0.717, 1.165) is 13.1 Å². The van der Waals surface area contributed by atoms with Gasteiger partial charge in [0.15, 0.2) is 0 Å². The van der Waals surface area contributed by atoms with E-state index < -0.39 is 0 Å². The third-order valence-corrected chi connectivity index (χ3v) is 2.18. The molecule has 1 fully saturated rings. The van der Waals surface area contributed by atoms with E-state index in [1.165, 1.54) is 6.42 Å². The van der Waals surface area contributed by atoms with Gasteiger partial charge in [-0.3, -0.25) is 0 Å². The van der Waals surface area contributed by atoms with Gasteiger partial charge in [-0.2, -0.15) is 0 Å². The number of nitrogens with one attached hydrogen (secondary N) is 1. The van der Waals surface area contributed by atoms with Gasteiger partial charge in [0.25, 0.3) is 0 Å². The Morgan fingerprint density at radius 1 is 1.73 bits per heavy atom. The second kappa shape index (κ2) is 4.52. The van der Waals surface area contributed by atoms with Gasteiger partial charge in [-0.05, 0) is 18.9 Å². The molecule has 0 aromatic rings. The van der Waals surface area contributed by atoms with Crippen molar-refractivity contribution < 1.29 is 4.74 Å². The summed E-state index contributed by atoms with van der Waals surface area (Å²) in [6, 6.07) is 0. The van der Waals surface area contributed by atoms with Crippen LogP contribution >= 0.6 is 0 Å². The molecule has 0 aliphatic carbocycles. The van der Waals surface area contributed by atoms with Crippen LogP contribution in [0.15, 0.2) is 12.7 Å². The molecular weight excluding hydrogens is 138 g/mol. The first-order valence-electron chi connectivity index (χ1n) is 4.28. The molecule has 0 saturated carbocycles. The summed E-state index contributed by atoms with van der Waals surface area (Å²) in [5, 5.41) is 3.31. The maximum atomic E-state index is 5.56. The van der Waals surface area contributed by atoms with Gasteiger partial charge in [0, 0.05) is 6.54 Å². The summed E-state index contributed by atoms with van der Waals surface area (Å²) >= 11 is 0.